The second kappa shape index (κ2) is 6.53. The lowest BCUT2D eigenvalue weighted by molar-refractivity contribution is 0.461. The Labute approximate surface area is 155 Å². The van der Waals surface area contributed by atoms with Crippen LogP contribution in [-0.2, 0) is 6.42 Å². The van der Waals surface area contributed by atoms with Gasteiger partial charge in [0, 0.05) is 46.7 Å². The topological polar surface area (TPSA) is 63.7 Å². The van der Waals surface area contributed by atoms with Gasteiger partial charge in [0.25, 0.3) is 0 Å². The molecule has 3 aromatic heterocycles. The molecule has 0 aliphatic carbocycles. The molecule has 0 unspecified atom stereocenters. The van der Waals surface area contributed by atoms with Gasteiger partial charge in [-0.05, 0) is 48.0 Å². The van der Waals surface area contributed by atoms with E-state index in [0.717, 1.165) is 38.7 Å². The number of nitrogens with zero attached hydrogens (tertiary/aromatic N) is 3. The van der Waals surface area contributed by atoms with Crippen molar-refractivity contribution in [3.8, 4) is 11.6 Å². The molecule has 0 saturated carbocycles. The van der Waals surface area contributed by atoms with Crippen LogP contribution in [-0.4, -0.2) is 20.2 Å². The van der Waals surface area contributed by atoms with E-state index in [-0.39, 0.29) is 0 Å². The van der Waals surface area contributed by atoms with Crippen molar-refractivity contribution in [2.45, 2.75) is 6.42 Å². The van der Waals surface area contributed by atoms with Crippen LogP contribution in [0.2, 0.25) is 0 Å². The molecule has 0 atom stereocenters. The average molecular weight is 352 g/mol. The highest BCUT2D eigenvalue weighted by Gasteiger charge is 2.12. The number of ether oxygens (including phenoxy) is 1. The van der Waals surface area contributed by atoms with E-state index in [4.69, 9.17) is 4.74 Å². The smallest absolute Gasteiger partial charge is 0.246 e. The molecule has 0 saturated heterocycles. The molecular weight excluding hydrogens is 336 g/mol. The molecule has 130 valence electrons. The number of fused-ring (bicyclic) bond motifs is 2. The number of aromatic nitrogens is 4. The van der Waals surface area contributed by atoms with E-state index in [9.17, 15) is 0 Å². The number of nitrogens with one attached hydrogen (secondary N) is 1. The van der Waals surface area contributed by atoms with Crippen molar-refractivity contribution in [2.75, 3.05) is 0 Å². The first-order valence-corrected chi connectivity index (χ1v) is 8.75. The highest BCUT2D eigenvalue weighted by Crippen LogP contribution is 2.30. The number of rotatable bonds is 4. The van der Waals surface area contributed by atoms with Crippen LogP contribution in [0.1, 0.15) is 11.3 Å². The first-order chi connectivity index (χ1) is 13.4. The molecule has 0 radical (unpaired) electrons. The maximum atomic E-state index is 6.08. The minimum atomic E-state index is 0.513. The summed E-state index contributed by atoms with van der Waals surface area (Å²) in [4.78, 5) is 7.25. The highest BCUT2D eigenvalue weighted by molar-refractivity contribution is 5.89. The van der Waals surface area contributed by atoms with E-state index in [0.29, 0.717) is 12.3 Å². The number of hydrogen-bond acceptors (Lipinski definition) is 4. The second-order valence-electron chi connectivity index (χ2n) is 6.36. The van der Waals surface area contributed by atoms with Crippen molar-refractivity contribution in [3.05, 3.63) is 90.5 Å². The van der Waals surface area contributed by atoms with Gasteiger partial charge in [0.15, 0.2) is 0 Å². The predicted molar refractivity (Wildman–Crippen MR) is 105 cm³/mol. The summed E-state index contributed by atoms with van der Waals surface area (Å²) in [7, 11) is 0. The summed E-state index contributed by atoms with van der Waals surface area (Å²) >= 11 is 0. The van der Waals surface area contributed by atoms with E-state index >= 15 is 0 Å². The van der Waals surface area contributed by atoms with Gasteiger partial charge >= 0.3 is 0 Å². The first kappa shape index (κ1) is 15.5. The van der Waals surface area contributed by atoms with Gasteiger partial charge in [-0.1, -0.05) is 18.2 Å². The number of pyridine rings is 1. The van der Waals surface area contributed by atoms with E-state index in [1.807, 2.05) is 60.8 Å². The predicted octanol–water partition coefficient (Wildman–Crippen LogP) is 4.89. The minimum Gasteiger partial charge on any atom is -0.437 e. The zero-order valence-corrected chi connectivity index (χ0v) is 14.5. The standard InChI is InChI=1S/C22H16N4O/c1-2-4-19-18(3-1)21(13-15-7-10-23-11-8-15)25-26-22(19)27-17-5-6-20-16(14-17)9-12-24-20/h1-12,14,24H,13H2. The van der Waals surface area contributed by atoms with Gasteiger partial charge in [-0.3, -0.25) is 4.98 Å². The Morgan fingerprint density at radius 3 is 2.59 bits per heavy atom. The third-order valence-electron chi connectivity index (χ3n) is 4.59. The normalized spacial score (nSPS) is 11.1. The van der Waals surface area contributed by atoms with Crippen LogP contribution in [0.3, 0.4) is 0 Å². The molecule has 0 bridgehead atoms. The lowest BCUT2D eigenvalue weighted by Crippen LogP contribution is -1.99. The molecule has 2 aromatic carbocycles. The molecule has 27 heavy (non-hydrogen) atoms. The zero-order chi connectivity index (χ0) is 18.1. The van der Waals surface area contributed by atoms with Crippen LogP contribution in [0.15, 0.2) is 79.3 Å². The van der Waals surface area contributed by atoms with Crippen molar-refractivity contribution in [1.29, 1.82) is 0 Å². The van der Waals surface area contributed by atoms with E-state index in [1.54, 1.807) is 12.4 Å². The third-order valence-corrected chi connectivity index (χ3v) is 4.59. The molecule has 5 nitrogen and oxygen atoms in total. The van der Waals surface area contributed by atoms with Gasteiger partial charge in [0.2, 0.25) is 5.88 Å². The Morgan fingerprint density at radius 2 is 1.70 bits per heavy atom. The minimum absolute atomic E-state index is 0.513. The van der Waals surface area contributed by atoms with Crippen molar-refractivity contribution in [2.24, 2.45) is 0 Å². The second-order valence-corrected chi connectivity index (χ2v) is 6.36. The molecule has 0 spiro atoms. The van der Waals surface area contributed by atoms with Crippen molar-refractivity contribution < 1.29 is 4.74 Å². The largest absolute Gasteiger partial charge is 0.437 e. The Hall–Kier alpha value is -3.73. The van der Waals surface area contributed by atoms with E-state index in [1.165, 1.54) is 0 Å². The first-order valence-electron chi connectivity index (χ1n) is 8.75. The Bertz CT molecular complexity index is 1230. The SMILES string of the molecule is c1ccc2c(Oc3ccc4[nH]ccc4c3)nnc(Cc3ccncc3)c2c1. The van der Waals surface area contributed by atoms with Gasteiger partial charge in [0.1, 0.15) is 5.75 Å². The number of benzene rings is 2. The Balaban J connectivity index is 1.54. The summed E-state index contributed by atoms with van der Waals surface area (Å²) < 4.78 is 6.08. The molecule has 5 rings (SSSR count). The van der Waals surface area contributed by atoms with Crippen LogP contribution in [0, 0.1) is 0 Å². The monoisotopic (exact) mass is 352 g/mol. The molecule has 1 N–H and O–H groups in total. The van der Waals surface area contributed by atoms with Gasteiger partial charge in [-0.2, -0.15) is 5.10 Å². The highest BCUT2D eigenvalue weighted by atomic mass is 16.5. The fourth-order valence-electron chi connectivity index (χ4n) is 3.24. The van der Waals surface area contributed by atoms with Crippen LogP contribution < -0.4 is 4.74 Å². The summed E-state index contributed by atoms with van der Waals surface area (Å²) in [5, 5.41) is 11.9. The fourth-order valence-corrected chi connectivity index (χ4v) is 3.24. The summed E-state index contributed by atoms with van der Waals surface area (Å²) in [5.74, 6) is 1.25. The molecule has 3 heterocycles. The average Bonchev–Trinajstić information content (AvgIpc) is 3.18. The number of hydrogen-bond donors (Lipinski definition) is 1. The van der Waals surface area contributed by atoms with Crippen LogP contribution in [0.4, 0.5) is 0 Å². The molecular formula is C22H16N4O. The van der Waals surface area contributed by atoms with E-state index < -0.39 is 0 Å². The summed E-state index contributed by atoms with van der Waals surface area (Å²) in [6.45, 7) is 0. The van der Waals surface area contributed by atoms with Gasteiger partial charge < -0.3 is 9.72 Å². The third kappa shape index (κ3) is 3.00. The Kier molecular flexibility index (Phi) is 3.76. The maximum absolute atomic E-state index is 6.08. The Morgan fingerprint density at radius 1 is 0.852 bits per heavy atom. The zero-order valence-electron chi connectivity index (χ0n) is 14.5. The van der Waals surface area contributed by atoms with Gasteiger partial charge in [0.05, 0.1) is 5.69 Å². The molecule has 5 aromatic rings. The number of aromatic amines is 1. The van der Waals surface area contributed by atoms with Crippen LogP contribution in [0.25, 0.3) is 21.7 Å². The summed E-state index contributed by atoms with van der Waals surface area (Å²) in [6, 6.07) is 20.0. The maximum Gasteiger partial charge on any atom is 0.246 e. The molecule has 0 amide bonds. The van der Waals surface area contributed by atoms with Crippen LogP contribution >= 0.6 is 0 Å². The van der Waals surface area contributed by atoms with Crippen molar-refractivity contribution >= 4 is 21.7 Å². The lowest BCUT2D eigenvalue weighted by Gasteiger charge is -2.10. The fraction of sp³-hybridized carbons (Fsp3) is 0.0455. The van der Waals surface area contributed by atoms with Crippen molar-refractivity contribution in [3.63, 3.8) is 0 Å². The quantitative estimate of drug-likeness (QED) is 0.500. The molecule has 5 heteroatoms. The van der Waals surface area contributed by atoms with Gasteiger partial charge in [-0.15, -0.1) is 5.10 Å². The summed E-state index contributed by atoms with van der Waals surface area (Å²) in [6.07, 6.45) is 6.20. The van der Waals surface area contributed by atoms with E-state index in [2.05, 4.69) is 26.2 Å². The van der Waals surface area contributed by atoms with Gasteiger partial charge in [-0.25, -0.2) is 0 Å². The number of H-pyrrole nitrogens is 1. The molecule has 0 fully saturated rings. The van der Waals surface area contributed by atoms with Crippen LogP contribution in [0.5, 0.6) is 11.6 Å². The summed E-state index contributed by atoms with van der Waals surface area (Å²) in [5.41, 5.74) is 3.15. The lowest BCUT2D eigenvalue weighted by atomic mass is 10.1. The molecule has 0 aliphatic heterocycles. The van der Waals surface area contributed by atoms with Crippen molar-refractivity contribution in [1.82, 2.24) is 20.2 Å². The molecule has 0 aliphatic rings.